The molecule has 0 bridgehead atoms. The van der Waals surface area contributed by atoms with Crippen LogP contribution >= 0.6 is 0 Å². The fraction of sp³-hybridized carbons (Fsp3) is 0.238. The van der Waals surface area contributed by atoms with E-state index < -0.39 is 11.7 Å². The fourth-order valence-electron chi connectivity index (χ4n) is 3.87. The van der Waals surface area contributed by atoms with Gasteiger partial charge in [0.15, 0.2) is 0 Å². The van der Waals surface area contributed by atoms with Gasteiger partial charge in [-0.1, -0.05) is 24.3 Å². The number of halogens is 3. The summed E-state index contributed by atoms with van der Waals surface area (Å²) in [6.45, 7) is 2.35. The molecule has 2 atom stereocenters. The molecule has 1 amide bonds. The Morgan fingerprint density at radius 3 is 2.29 bits per heavy atom. The number of rotatable bonds is 2. The number of nitriles is 1. The normalized spacial score (nSPS) is 22.2. The lowest BCUT2D eigenvalue weighted by Crippen LogP contribution is -2.68. The Labute approximate surface area is 160 Å². The molecule has 0 aromatic heterocycles. The first kappa shape index (κ1) is 18.3. The molecule has 0 radical (unpaired) electrons. The Morgan fingerprint density at radius 1 is 1.07 bits per heavy atom. The topological polar surface area (TPSA) is 47.3 Å². The first-order valence-electron chi connectivity index (χ1n) is 8.77. The van der Waals surface area contributed by atoms with E-state index in [1.165, 1.54) is 12.1 Å². The van der Waals surface area contributed by atoms with E-state index in [1.54, 1.807) is 35.4 Å². The van der Waals surface area contributed by atoms with Gasteiger partial charge in [0, 0.05) is 12.6 Å². The molecular weight excluding hydrogens is 367 g/mol. The highest BCUT2D eigenvalue weighted by Crippen LogP contribution is 2.43. The molecule has 7 heteroatoms. The van der Waals surface area contributed by atoms with Gasteiger partial charge in [0.25, 0.3) is 5.91 Å². The van der Waals surface area contributed by atoms with Gasteiger partial charge in [-0.2, -0.15) is 18.4 Å². The van der Waals surface area contributed by atoms with Crippen molar-refractivity contribution in [2.45, 2.75) is 25.2 Å². The van der Waals surface area contributed by atoms with Crippen molar-refractivity contribution in [2.75, 3.05) is 6.54 Å². The highest BCUT2D eigenvalue weighted by atomic mass is 19.4. The summed E-state index contributed by atoms with van der Waals surface area (Å²) in [4.78, 5) is 12.5. The van der Waals surface area contributed by atoms with E-state index in [0.717, 1.165) is 28.8 Å². The predicted molar refractivity (Wildman–Crippen MR) is 96.3 cm³/mol. The van der Waals surface area contributed by atoms with E-state index in [0.29, 0.717) is 12.1 Å². The number of hydrazine groups is 1. The first-order valence-corrected chi connectivity index (χ1v) is 8.77. The third-order valence-corrected chi connectivity index (χ3v) is 5.26. The van der Waals surface area contributed by atoms with E-state index in [4.69, 9.17) is 5.26 Å². The van der Waals surface area contributed by atoms with Crippen molar-refractivity contribution in [3.05, 3.63) is 76.9 Å². The van der Waals surface area contributed by atoms with Gasteiger partial charge in [0.2, 0.25) is 0 Å². The maximum absolute atomic E-state index is 12.8. The van der Waals surface area contributed by atoms with Crippen LogP contribution in [0.5, 0.6) is 0 Å². The molecule has 2 aromatic rings. The molecular formula is C21H16F3N3O. The average molecular weight is 383 g/mol. The number of amides is 1. The highest BCUT2D eigenvalue weighted by Gasteiger charge is 2.49. The molecule has 0 aliphatic carbocycles. The minimum Gasteiger partial charge on any atom is -0.268 e. The third kappa shape index (κ3) is 2.96. The minimum atomic E-state index is -4.37. The first-order chi connectivity index (χ1) is 13.3. The molecule has 2 aliphatic heterocycles. The van der Waals surface area contributed by atoms with Crippen molar-refractivity contribution in [3.8, 4) is 6.07 Å². The molecule has 28 heavy (non-hydrogen) atoms. The zero-order chi connectivity index (χ0) is 20.1. The standard InChI is InChI=1S/C21H16F3N3O/c1-13-20(16-6-8-18(9-7-16)21(22,23)24)26-12-17(10-19(28)27(13)26)15-4-2-14(11-25)3-5-15/h2-10,13,20H,12H2,1H3. The zero-order valence-corrected chi connectivity index (χ0v) is 14.9. The second-order valence-electron chi connectivity index (χ2n) is 6.94. The van der Waals surface area contributed by atoms with Crippen LogP contribution in [0.4, 0.5) is 13.2 Å². The summed E-state index contributed by atoms with van der Waals surface area (Å²) < 4.78 is 38.4. The summed E-state index contributed by atoms with van der Waals surface area (Å²) in [5.41, 5.74) is 2.25. The molecule has 4 nitrogen and oxygen atoms in total. The van der Waals surface area contributed by atoms with Gasteiger partial charge in [-0.3, -0.25) is 9.80 Å². The van der Waals surface area contributed by atoms with Crippen molar-refractivity contribution < 1.29 is 18.0 Å². The summed E-state index contributed by atoms with van der Waals surface area (Å²) in [7, 11) is 0. The molecule has 2 heterocycles. The zero-order valence-electron chi connectivity index (χ0n) is 14.9. The predicted octanol–water partition coefficient (Wildman–Crippen LogP) is 4.16. The Hall–Kier alpha value is -3.11. The number of hydrogen-bond acceptors (Lipinski definition) is 3. The average Bonchev–Trinajstić information content (AvgIpc) is 2.66. The molecule has 0 spiro atoms. The Kier molecular flexibility index (Phi) is 4.24. The minimum absolute atomic E-state index is 0.136. The van der Waals surface area contributed by atoms with E-state index in [9.17, 15) is 18.0 Å². The van der Waals surface area contributed by atoms with Crippen LogP contribution in [0.1, 0.15) is 35.2 Å². The lowest BCUT2D eigenvalue weighted by Gasteiger charge is -2.58. The van der Waals surface area contributed by atoms with Crippen LogP contribution in [-0.4, -0.2) is 28.5 Å². The lowest BCUT2D eigenvalue weighted by molar-refractivity contribution is -0.205. The Bertz CT molecular complexity index is 988. The summed E-state index contributed by atoms with van der Waals surface area (Å²) >= 11 is 0. The van der Waals surface area contributed by atoms with Crippen LogP contribution in [-0.2, 0) is 11.0 Å². The third-order valence-electron chi connectivity index (χ3n) is 5.26. The smallest absolute Gasteiger partial charge is 0.268 e. The number of alkyl halides is 3. The summed E-state index contributed by atoms with van der Waals surface area (Å²) in [6.07, 6.45) is -2.79. The lowest BCUT2D eigenvalue weighted by atomic mass is 9.90. The van der Waals surface area contributed by atoms with E-state index in [2.05, 4.69) is 6.07 Å². The van der Waals surface area contributed by atoms with Gasteiger partial charge in [-0.15, -0.1) is 0 Å². The van der Waals surface area contributed by atoms with Crippen molar-refractivity contribution in [1.29, 1.82) is 5.26 Å². The molecule has 4 rings (SSSR count). The number of nitrogens with zero attached hydrogens (tertiary/aromatic N) is 3. The summed E-state index contributed by atoms with van der Waals surface area (Å²) in [5.74, 6) is -0.152. The van der Waals surface area contributed by atoms with Gasteiger partial charge in [-0.05, 0) is 47.9 Å². The van der Waals surface area contributed by atoms with Gasteiger partial charge < -0.3 is 0 Å². The maximum Gasteiger partial charge on any atom is 0.416 e. The van der Waals surface area contributed by atoms with Crippen molar-refractivity contribution in [2.24, 2.45) is 0 Å². The van der Waals surface area contributed by atoms with Crippen molar-refractivity contribution in [1.82, 2.24) is 10.0 Å². The fourth-order valence-corrected chi connectivity index (χ4v) is 3.87. The molecule has 1 saturated heterocycles. The molecule has 2 unspecified atom stereocenters. The summed E-state index contributed by atoms with van der Waals surface area (Å²) in [6, 6.07) is 13.8. The van der Waals surface area contributed by atoms with Crippen molar-refractivity contribution >= 4 is 11.5 Å². The highest BCUT2D eigenvalue weighted by molar-refractivity contribution is 5.97. The monoisotopic (exact) mass is 383 g/mol. The van der Waals surface area contributed by atoms with Gasteiger partial charge >= 0.3 is 6.18 Å². The van der Waals surface area contributed by atoms with E-state index >= 15 is 0 Å². The number of carbonyl (C=O) groups is 1. The van der Waals surface area contributed by atoms with Gasteiger partial charge in [-0.25, -0.2) is 5.01 Å². The molecule has 2 aromatic carbocycles. The number of carbonyl (C=O) groups excluding carboxylic acids is 1. The Balaban J connectivity index is 1.60. The molecule has 0 saturated carbocycles. The number of hydrogen-bond donors (Lipinski definition) is 0. The van der Waals surface area contributed by atoms with Crippen molar-refractivity contribution in [3.63, 3.8) is 0 Å². The molecule has 142 valence electrons. The van der Waals surface area contributed by atoms with Crippen LogP contribution in [0.3, 0.4) is 0 Å². The van der Waals surface area contributed by atoms with Crippen LogP contribution < -0.4 is 0 Å². The van der Waals surface area contributed by atoms with E-state index in [1.807, 2.05) is 11.9 Å². The van der Waals surface area contributed by atoms with Crippen LogP contribution in [0.15, 0.2) is 54.6 Å². The maximum atomic E-state index is 12.8. The SMILES string of the molecule is CC1C(c2ccc(C(F)(F)F)cc2)N2CC(c3ccc(C#N)cc3)=CC(=O)N12. The van der Waals surface area contributed by atoms with Gasteiger partial charge in [0.1, 0.15) is 0 Å². The Morgan fingerprint density at radius 2 is 1.71 bits per heavy atom. The largest absolute Gasteiger partial charge is 0.416 e. The molecule has 2 aliphatic rings. The molecule has 1 fully saturated rings. The van der Waals surface area contributed by atoms with Crippen LogP contribution in [0, 0.1) is 11.3 Å². The van der Waals surface area contributed by atoms with Crippen LogP contribution in [0.2, 0.25) is 0 Å². The second-order valence-corrected chi connectivity index (χ2v) is 6.94. The summed E-state index contributed by atoms with van der Waals surface area (Å²) in [5, 5.41) is 12.4. The second kappa shape index (κ2) is 6.50. The quantitative estimate of drug-likeness (QED) is 0.782. The van der Waals surface area contributed by atoms with Gasteiger partial charge in [0.05, 0.1) is 29.3 Å². The number of fused-ring (bicyclic) bond motifs is 1. The molecule has 0 N–H and O–H groups in total. The van der Waals surface area contributed by atoms with Crippen LogP contribution in [0.25, 0.3) is 5.57 Å². The van der Waals surface area contributed by atoms with E-state index in [-0.39, 0.29) is 18.0 Å². The number of benzene rings is 2.